The van der Waals surface area contributed by atoms with E-state index < -0.39 is 0 Å². The quantitative estimate of drug-likeness (QED) is 0.792. The molecule has 0 unspecified atom stereocenters. The average molecular weight is 236 g/mol. The molecule has 17 heavy (non-hydrogen) atoms. The molecular weight excluding hydrogens is 212 g/mol. The van der Waals surface area contributed by atoms with E-state index in [9.17, 15) is 0 Å². The smallest absolute Gasteiger partial charge is 0.0606 e. The van der Waals surface area contributed by atoms with Crippen molar-refractivity contribution in [1.29, 1.82) is 0 Å². The van der Waals surface area contributed by atoms with Crippen LogP contribution in [0.2, 0.25) is 0 Å². The third-order valence-corrected chi connectivity index (χ3v) is 2.78. The van der Waals surface area contributed by atoms with E-state index >= 15 is 0 Å². The van der Waals surface area contributed by atoms with Crippen LogP contribution < -0.4 is 10.2 Å². The number of hydrogen-bond acceptors (Lipinski definition) is 3. The molecule has 0 amide bonds. The molecule has 1 rings (SSSR count). The fourth-order valence-corrected chi connectivity index (χ4v) is 1.81. The second kappa shape index (κ2) is 6.62. The molecule has 0 aliphatic heterocycles. The number of hydrogen-bond donors (Lipinski definition) is 2. The molecule has 0 aliphatic rings. The number of aliphatic hydroxyl groups is 1. The SMILES string of the molecule is Cc1ccc(N(C)CCO)c(CNC(C)C)c1. The van der Waals surface area contributed by atoms with Gasteiger partial charge in [-0.15, -0.1) is 0 Å². The van der Waals surface area contributed by atoms with E-state index in [-0.39, 0.29) is 6.61 Å². The zero-order valence-electron chi connectivity index (χ0n) is 11.3. The first-order valence-corrected chi connectivity index (χ1v) is 6.19. The van der Waals surface area contributed by atoms with Gasteiger partial charge in [-0.3, -0.25) is 0 Å². The largest absolute Gasteiger partial charge is 0.395 e. The normalized spacial score (nSPS) is 10.9. The first kappa shape index (κ1) is 14.0. The average Bonchev–Trinajstić information content (AvgIpc) is 2.26. The lowest BCUT2D eigenvalue weighted by molar-refractivity contribution is 0.304. The highest BCUT2D eigenvalue weighted by Crippen LogP contribution is 2.20. The highest BCUT2D eigenvalue weighted by atomic mass is 16.3. The predicted octanol–water partition coefficient (Wildman–Crippen LogP) is 1.92. The van der Waals surface area contributed by atoms with Gasteiger partial charge in [0.15, 0.2) is 0 Å². The summed E-state index contributed by atoms with van der Waals surface area (Å²) in [4.78, 5) is 2.09. The summed E-state index contributed by atoms with van der Waals surface area (Å²) in [7, 11) is 2.01. The van der Waals surface area contributed by atoms with Crippen molar-refractivity contribution in [2.24, 2.45) is 0 Å². The Morgan fingerprint density at radius 2 is 2.06 bits per heavy atom. The lowest BCUT2D eigenvalue weighted by Gasteiger charge is -2.22. The monoisotopic (exact) mass is 236 g/mol. The van der Waals surface area contributed by atoms with E-state index in [4.69, 9.17) is 5.11 Å². The van der Waals surface area contributed by atoms with E-state index in [2.05, 4.69) is 49.2 Å². The number of nitrogens with one attached hydrogen (secondary N) is 1. The molecule has 0 atom stereocenters. The maximum absolute atomic E-state index is 9.00. The van der Waals surface area contributed by atoms with Crippen LogP contribution in [-0.2, 0) is 6.54 Å². The summed E-state index contributed by atoms with van der Waals surface area (Å²) in [5.74, 6) is 0. The van der Waals surface area contributed by atoms with Crippen molar-refractivity contribution in [2.45, 2.75) is 33.4 Å². The summed E-state index contributed by atoms with van der Waals surface area (Å²) in [6, 6.07) is 6.93. The molecule has 0 saturated carbocycles. The summed E-state index contributed by atoms with van der Waals surface area (Å²) in [6.07, 6.45) is 0. The van der Waals surface area contributed by atoms with E-state index in [0.29, 0.717) is 12.6 Å². The van der Waals surface area contributed by atoms with Gasteiger partial charge in [0.05, 0.1) is 6.61 Å². The van der Waals surface area contributed by atoms with Crippen LogP contribution in [0.25, 0.3) is 0 Å². The Balaban J connectivity index is 2.87. The zero-order valence-corrected chi connectivity index (χ0v) is 11.3. The zero-order chi connectivity index (χ0) is 12.8. The van der Waals surface area contributed by atoms with Gasteiger partial charge in [-0.25, -0.2) is 0 Å². The summed E-state index contributed by atoms with van der Waals surface area (Å²) < 4.78 is 0. The molecule has 0 saturated heterocycles. The van der Waals surface area contributed by atoms with Crippen LogP contribution in [-0.4, -0.2) is 31.3 Å². The number of likely N-dealkylation sites (N-methyl/N-ethyl adjacent to an activating group) is 1. The minimum atomic E-state index is 0.182. The summed E-state index contributed by atoms with van der Waals surface area (Å²) >= 11 is 0. The molecule has 0 aliphatic carbocycles. The van der Waals surface area contributed by atoms with Gasteiger partial charge in [0.25, 0.3) is 0 Å². The van der Waals surface area contributed by atoms with Gasteiger partial charge in [0.2, 0.25) is 0 Å². The second-order valence-electron chi connectivity index (χ2n) is 4.81. The molecule has 96 valence electrons. The molecule has 0 bridgehead atoms. The Morgan fingerprint density at radius 1 is 1.35 bits per heavy atom. The van der Waals surface area contributed by atoms with Gasteiger partial charge in [-0.1, -0.05) is 31.5 Å². The fraction of sp³-hybridized carbons (Fsp3) is 0.571. The van der Waals surface area contributed by atoms with Crippen molar-refractivity contribution in [1.82, 2.24) is 5.32 Å². The van der Waals surface area contributed by atoms with Crippen LogP contribution in [0.4, 0.5) is 5.69 Å². The van der Waals surface area contributed by atoms with Gasteiger partial charge in [0, 0.05) is 31.9 Å². The van der Waals surface area contributed by atoms with Crippen molar-refractivity contribution >= 4 is 5.69 Å². The van der Waals surface area contributed by atoms with Crippen LogP contribution in [0.15, 0.2) is 18.2 Å². The molecule has 0 fully saturated rings. The third-order valence-electron chi connectivity index (χ3n) is 2.78. The van der Waals surface area contributed by atoms with E-state index in [1.807, 2.05) is 7.05 Å². The topological polar surface area (TPSA) is 35.5 Å². The molecule has 0 aromatic heterocycles. The molecule has 3 nitrogen and oxygen atoms in total. The fourth-order valence-electron chi connectivity index (χ4n) is 1.81. The molecular formula is C14H24N2O. The highest BCUT2D eigenvalue weighted by Gasteiger charge is 2.07. The van der Waals surface area contributed by atoms with Crippen molar-refractivity contribution in [3.8, 4) is 0 Å². The first-order valence-electron chi connectivity index (χ1n) is 6.19. The minimum absolute atomic E-state index is 0.182. The van der Waals surface area contributed by atoms with Crippen molar-refractivity contribution in [3.05, 3.63) is 29.3 Å². The molecule has 0 radical (unpaired) electrons. The molecule has 1 aromatic rings. The van der Waals surface area contributed by atoms with Crippen molar-refractivity contribution < 1.29 is 5.11 Å². The van der Waals surface area contributed by atoms with Gasteiger partial charge in [0.1, 0.15) is 0 Å². The maximum atomic E-state index is 9.00. The van der Waals surface area contributed by atoms with Gasteiger partial charge >= 0.3 is 0 Å². The Bertz CT molecular complexity index is 350. The van der Waals surface area contributed by atoms with Crippen LogP contribution in [0.1, 0.15) is 25.0 Å². The number of aryl methyl sites for hydroxylation is 1. The summed E-state index contributed by atoms with van der Waals surface area (Å²) in [5.41, 5.74) is 3.75. The lowest BCUT2D eigenvalue weighted by Crippen LogP contribution is -2.26. The number of aliphatic hydroxyl groups excluding tert-OH is 1. The number of benzene rings is 1. The molecule has 3 heteroatoms. The Kier molecular flexibility index (Phi) is 5.45. The predicted molar refractivity (Wildman–Crippen MR) is 73.5 cm³/mol. The van der Waals surface area contributed by atoms with E-state index in [1.165, 1.54) is 16.8 Å². The third kappa shape index (κ3) is 4.36. The van der Waals surface area contributed by atoms with Crippen LogP contribution in [0.5, 0.6) is 0 Å². The standard InChI is InChI=1S/C14H24N2O/c1-11(2)15-10-13-9-12(3)5-6-14(13)16(4)7-8-17/h5-6,9,11,15,17H,7-8,10H2,1-4H3. The maximum Gasteiger partial charge on any atom is 0.0606 e. The van der Waals surface area contributed by atoms with Gasteiger partial charge in [-0.05, 0) is 18.6 Å². The number of anilines is 1. The van der Waals surface area contributed by atoms with Gasteiger partial charge in [-0.2, -0.15) is 0 Å². The lowest BCUT2D eigenvalue weighted by atomic mass is 10.1. The summed E-state index contributed by atoms with van der Waals surface area (Å²) in [6.45, 7) is 8.11. The minimum Gasteiger partial charge on any atom is -0.395 e. The van der Waals surface area contributed by atoms with Crippen molar-refractivity contribution in [3.63, 3.8) is 0 Å². The van der Waals surface area contributed by atoms with E-state index in [0.717, 1.165) is 6.54 Å². The van der Waals surface area contributed by atoms with E-state index in [1.54, 1.807) is 0 Å². The Hall–Kier alpha value is -1.06. The Morgan fingerprint density at radius 3 is 2.65 bits per heavy atom. The first-order chi connectivity index (χ1) is 8.04. The Labute approximate surface area is 104 Å². The highest BCUT2D eigenvalue weighted by molar-refractivity contribution is 5.54. The number of rotatable bonds is 6. The molecule has 2 N–H and O–H groups in total. The number of nitrogens with zero attached hydrogens (tertiary/aromatic N) is 1. The van der Waals surface area contributed by atoms with Crippen LogP contribution in [0.3, 0.4) is 0 Å². The molecule has 1 aromatic carbocycles. The molecule has 0 spiro atoms. The second-order valence-corrected chi connectivity index (χ2v) is 4.81. The van der Waals surface area contributed by atoms with Crippen LogP contribution >= 0.6 is 0 Å². The molecule has 0 heterocycles. The summed E-state index contributed by atoms with van der Waals surface area (Å²) in [5, 5.41) is 12.4. The van der Waals surface area contributed by atoms with Gasteiger partial charge < -0.3 is 15.3 Å². The van der Waals surface area contributed by atoms with Crippen LogP contribution in [0, 0.1) is 6.92 Å². The van der Waals surface area contributed by atoms with Crippen molar-refractivity contribution in [2.75, 3.05) is 25.1 Å².